The molecule has 2 aliphatic heterocycles. The van der Waals surface area contributed by atoms with Crippen LogP contribution in [0.25, 0.3) is 11.3 Å². The molecule has 0 spiro atoms. The quantitative estimate of drug-likeness (QED) is 0.654. The Morgan fingerprint density at radius 1 is 1.12 bits per heavy atom. The number of piperazine rings is 1. The number of nitrogens with zero attached hydrogens (tertiary/aromatic N) is 6. The fourth-order valence-electron chi connectivity index (χ4n) is 3.64. The van der Waals surface area contributed by atoms with Crippen LogP contribution in [0, 0.1) is 0 Å². The van der Waals surface area contributed by atoms with Gasteiger partial charge in [-0.15, -0.1) is 0 Å². The summed E-state index contributed by atoms with van der Waals surface area (Å²) in [5.41, 5.74) is -1.93. The van der Waals surface area contributed by atoms with Gasteiger partial charge in [0.15, 0.2) is 5.69 Å². The van der Waals surface area contributed by atoms with Crippen LogP contribution in [0.3, 0.4) is 0 Å². The first-order chi connectivity index (χ1) is 15.4. The number of halogens is 7. The van der Waals surface area contributed by atoms with E-state index in [-0.39, 0.29) is 31.0 Å². The van der Waals surface area contributed by atoms with Gasteiger partial charge in [0.2, 0.25) is 11.9 Å². The summed E-state index contributed by atoms with van der Waals surface area (Å²) in [4.78, 5) is 21.9. The predicted molar refractivity (Wildman–Crippen MR) is 105 cm³/mol. The Morgan fingerprint density at radius 2 is 1.82 bits per heavy atom. The van der Waals surface area contributed by atoms with Crippen LogP contribution in [-0.4, -0.2) is 75.5 Å². The number of hydrogen-bond donors (Lipinski definition) is 1. The normalized spacial score (nSPS) is 19.5. The van der Waals surface area contributed by atoms with Crippen molar-refractivity contribution in [2.45, 2.75) is 31.4 Å². The van der Waals surface area contributed by atoms with Crippen LogP contribution >= 0.6 is 11.6 Å². The molecule has 0 unspecified atom stereocenters. The summed E-state index contributed by atoms with van der Waals surface area (Å²) in [5.74, 6) is -0.954. The van der Waals surface area contributed by atoms with Gasteiger partial charge in [0.25, 0.3) is 0 Å². The first-order valence-electron chi connectivity index (χ1n) is 9.94. The molecular formula is C18H18ClF6N7O. The maximum Gasteiger partial charge on any atom is 0.435 e. The van der Waals surface area contributed by atoms with Crippen LogP contribution in [-0.2, 0) is 17.5 Å². The molecule has 1 N–H and O–H groups in total. The van der Waals surface area contributed by atoms with Gasteiger partial charge in [0.1, 0.15) is 12.6 Å². The monoisotopic (exact) mass is 497 g/mol. The van der Waals surface area contributed by atoms with Crippen molar-refractivity contribution < 1.29 is 31.1 Å². The van der Waals surface area contributed by atoms with E-state index in [2.05, 4.69) is 20.4 Å². The van der Waals surface area contributed by atoms with Gasteiger partial charge in [-0.3, -0.25) is 9.48 Å². The summed E-state index contributed by atoms with van der Waals surface area (Å²) >= 11 is 5.92. The summed E-state index contributed by atoms with van der Waals surface area (Å²) in [6.45, 7) is 2.00. The van der Waals surface area contributed by atoms with E-state index in [1.165, 1.54) is 10.9 Å². The zero-order valence-corrected chi connectivity index (χ0v) is 17.7. The molecule has 33 heavy (non-hydrogen) atoms. The minimum absolute atomic E-state index is 0.0198. The third-order valence-corrected chi connectivity index (χ3v) is 5.79. The molecule has 4 heterocycles. The third kappa shape index (κ3) is 4.86. The number of amides is 1. The largest absolute Gasteiger partial charge is 0.435 e. The molecule has 0 aliphatic carbocycles. The van der Waals surface area contributed by atoms with E-state index in [0.29, 0.717) is 31.1 Å². The van der Waals surface area contributed by atoms with Gasteiger partial charge in [-0.2, -0.15) is 31.4 Å². The zero-order valence-electron chi connectivity index (χ0n) is 16.9. The highest BCUT2D eigenvalue weighted by atomic mass is 35.5. The van der Waals surface area contributed by atoms with Gasteiger partial charge in [0.05, 0.1) is 16.9 Å². The number of anilines is 1. The van der Waals surface area contributed by atoms with Gasteiger partial charge < -0.3 is 15.1 Å². The average Bonchev–Trinajstić information content (AvgIpc) is 3.15. The Bertz CT molecular complexity index is 1030. The van der Waals surface area contributed by atoms with E-state index in [0.717, 1.165) is 6.20 Å². The van der Waals surface area contributed by atoms with Crippen LogP contribution < -0.4 is 10.2 Å². The smallest absolute Gasteiger partial charge is 0.339 e. The van der Waals surface area contributed by atoms with Crippen LogP contribution in [0.5, 0.6) is 0 Å². The first kappa shape index (κ1) is 23.5. The molecule has 1 atom stereocenters. The van der Waals surface area contributed by atoms with E-state index < -0.39 is 40.8 Å². The fourth-order valence-corrected chi connectivity index (χ4v) is 3.94. The minimum Gasteiger partial charge on any atom is -0.339 e. The van der Waals surface area contributed by atoms with Crippen molar-refractivity contribution in [2.75, 3.05) is 37.6 Å². The first-order valence-corrected chi connectivity index (χ1v) is 10.3. The molecule has 2 aliphatic rings. The molecule has 0 aromatic carbocycles. The molecule has 2 aromatic heterocycles. The molecule has 4 rings (SSSR count). The molecule has 180 valence electrons. The van der Waals surface area contributed by atoms with Crippen molar-refractivity contribution in [2.24, 2.45) is 0 Å². The van der Waals surface area contributed by atoms with E-state index in [9.17, 15) is 31.1 Å². The number of aromatic nitrogens is 4. The Hall–Kier alpha value is -2.61. The number of rotatable bonds is 4. The van der Waals surface area contributed by atoms with Gasteiger partial charge in [-0.05, 0) is 6.42 Å². The van der Waals surface area contributed by atoms with Crippen molar-refractivity contribution in [3.8, 4) is 11.3 Å². The molecule has 2 fully saturated rings. The highest BCUT2D eigenvalue weighted by Crippen LogP contribution is 2.41. The molecule has 15 heteroatoms. The van der Waals surface area contributed by atoms with Crippen LogP contribution in [0.4, 0.5) is 32.3 Å². The number of alkyl halides is 6. The van der Waals surface area contributed by atoms with E-state index in [4.69, 9.17) is 11.6 Å². The van der Waals surface area contributed by atoms with Gasteiger partial charge in [-0.1, -0.05) is 11.6 Å². The summed E-state index contributed by atoms with van der Waals surface area (Å²) in [5, 5.41) is 6.23. The Morgan fingerprint density at radius 3 is 2.39 bits per heavy atom. The number of hydrogen-bond acceptors (Lipinski definition) is 6. The van der Waals surface area contributed by atoms with E-state index in [1.807, 2.05) is 0 Å². The number of carbonyl (C=O) groups excluding carboxylic acids is 1. The maximum absolute atomic E-state index is 13.5. The molecule has 0 saturated carbocycles. The average molecular weight is 498 g/mol. The van der Waals surface area contributed by atoms with Crippen molar-refractivity contribution in [3.63, 3.8) is 0 Å². The van der Waals surface area contributed by atoms with Crippen LogP contribution in [0.15, 0.2) is 12.4 Å². The van der Waals surface area contributed by atoms with Gasteiger partial charge in [0, 0.05) is 44.5 Å². The zero-order chi connectivity index (χ0) is 24.0. The number of carbonyl (C=O) groups is 1. The highest BCUT2D eigenvalue weighted by Gasteiger charge is 2.50. The molecule has 0 bridgehead atoms. The lowest BCUT2D eigenvalue weighted by atomic mass is 10.0. The van der Waals surface area contributed by atoms with Crippen molar-refractivity contribution in [1.29, 1.82) is 0 Å². The van der Waals surface area contributed by atoms with Crippen molar-refractivity contribution in [1.82, 2.24) is 30.0 Å². The van der Waals surface area contributed by atoms with Crippen molar-refractivity contribution in [3.05, 3.63) is 23.1 Å². The highest BCUT2D eigenvalue weighted by molar-refractivity contribution is 6.33. The lowest BCUT2D eigenvalue weighted by Gasteiger charge is -2.41. The molecular weight excluding hydrogens is 480 g/mol. The van der Waals surface area contributed by atoms with Gasteiger partial charge in [-0.25, -0.2) is 9.97 Å². The number of nitrogens with one attached hydrogen (secondary N) is 1. The van der Waals surface area contributed by atoms with E-state index >= 15 is 0 Å². The van der Waals surface area contributed by atoms with Gasteiger partial charge >= 0.3 is 12.4 Å². The topological polar surface area (TPSA) is 79.2 Å². The Kier molecular flexibility index (Phi) is 6.16. The Labute approximate surface area is 188 Å². The second-order valence-corrected chi connectivity index (χ2v) is 8.01. The maximum atomic E-state index is 13.5. The second-order valence-electron chi connectivity index (χ2n) is 7.63. The van der Waals surface area contributed by atoms with Crippen LogP contribution in [0.2, 0.25) is 5.02 Å². The SMILES string of the molecule is O=C(Cn1cc(-c2nc(N3CC[C@@H]3C(F)(F)F)nc(C(F)(F)F)c2Cl)cn1)N1CCNCC1. The summed E-state index contributed by atoms with van der Waals surface area (Å²) in [7, 11) is 0. The summed E-state index contributed by atoms with van der Waals surface area (Å²) in [6, 6.07) is -1.98. The minimum atomic E-state index is -5.02. The lowest BCUT2D eigenvalue weighted by Crippen LogP contribution is -2.56. The third-order valence-electron chi connectivity index (χ3n) is 5.44. The van der Waals surface area contributed by atoms with Crippen molar-refractivity contribution >= 4 is 23.5 Å². The molecule has 2 saturated heterocycles. The molecule has 2 aromatic rings. The Balaban J connectivity index is 1.65. The van der Waals surface area contributed by atoms with E-state index in [1.54, 1.807) is 4.90 Å². The second kappa shape index (κ2) is 8.63. The standard InChI is InChI=1S/C18H18ClF6N7O/c19-13-14(10-7-27-31(8-10)9-12(33)30-5-2-26-3-6-30)28-16(29-15(13)18(23,24)25)32-4-1-11(32)17(20,21)22/h7-8,11,26H,1-6,9H2/t11-/m1/s1. The molecule has 1 amide bonds. The molecule has 8 nitrogen and oxygen atoms in total. The van der Waals surface area contributed by atoms with Crippen LogP contribution in [0.1, 0.15) is 12.1 Å². The fraction of sp³-hybridized carbons (Fsp3) is 0.556. The predicted octanol–water partition coefficient (Wildman–Crippen LogP) is 2.59. The lowest BCUT2D eigenvalue weighted by molar-refractivity contribution is -0.160. The summed E-state index contributed by atoms with van der Waals surface area (Å²) in [6.07, 6.45) is -7.51. The molecule has 0 radical (unpaired) electrons. The summed E-state index contributed by atoms with van der Waals surface area (Å²) < 4.78 is 81.3.